The molecule has 0 aromatic heterocycles. The van der Waals surface area contributed by atoms with Crippen molar-refractivity contribution >= 4 is 23.6 Å². The van der Waals surface area contributed by atoms with Gasteiger partial charge in [-0.3, -0.25) is 19.8 Å². The number of benzene rings is 1. The summed E-state index contributed by atoms with van der Waals surface area (Å²) in [5.74, 6) is -1.35. The Hall–Kier alpha value is -2.48. The first-order chi connectivity index (χ1) is 9.90. The van der Waals surface area contributed by atoms with Gasteiger partial charge < -0.3 is 10.1 Å². The maximum absolute atomic E-state index is 12.7. The molecule has 0 aliphatic carbocycles. The standard InChI is InChI=1S/C13H16FN3O4/c1-17(8-12(19)16-13(20)21-2)7-11(18)15-10-5-3-9(14)4-6-10/h3-6H,7-8H2,1-2H3,(H,15,18)(H,16,19,20). The third kappa shape index (κ3) is 6.48. The van der Waals surface area contributed by atoms with Crippen LogP contribution in [0.2, 0.25) is 0 Å². The number of imide groups is 1. The molecule has 0 unspecified atom stereocenters. The molecule has 114 valence electrons. The predicted molar refractivity (Wildman–Crippen MR) is 73.1 cm³/mol. The van der Waals surface area contributed by atoms with Crippen molar-refractivity contribution in [3.63, 3.8) is 0 Å². The van der Waals surface area contributed by atoms with Gasteiger partial charge in [0, 0.05) is 5.69 Å². The molecule has 0 saturated carbocycles. The molecule has 0 spiro atoms. The lowest BCUT2D eigenvalue weighted by Gasteiger charge is -2.15. The lowest BCUT2D eigenvalue weighted by Crippen LogP contribution is -2.41. The van der Waals surface area contributed by atoms with Crippen molar-refractivity contribution in [1.29, 1.82) is 0 Å². The highest BCUT2D eigenvalue weighted by Crippen LogP contribution is 2.07. The molecule has 0 atom stereocenters. The van der Waals surface area contributed by atoms with Crippen molar-refractivity contribution in [1.82, 2.24) is 10.2 Å². The van der Waals surface area contributed by atoms with Crippen LogP contribution in [0, 0.1) is 5.82 Å². The molecule has 0 aliphatic heterocycles. The van der Waals surface area contributed by atoms with Crippen molar-refractivity contribution in [2.24, 2.45) is 0 Å². The number of carbonyl (C=O) groups excluding carboxylic acids is 3. The van der Waals surface area contributed by atoms with E-state index in [1.54, 1.807) is 7.05 Å². The fourth-order valence-electron chi connectivity index (χ4n) is 1.48. The number of anilines is 1. The number of rotatable bonds is 5. The molecule has 8 heteroatoms. The van der Waals surface area contributed by atoms with E-state index in [-0.39, 0.29) is 19.0 Å². The van der Waals surface area contributed by atoms with Crippen LogP contribution < -0.4 is 10.6 Å². The van der Waals surface area contributed by atoms with Gasteiger partial charge in [0.1, 0.15) is 5.82 Å². The third-order valence-corrected chi connectivity index (χ3v) is 2.38. The number of ether oxygens (including phenoxy) is 1. The number of hydrogen-bond acceptors (Lipinski definition) is 5. The maximum atomic E-state index is 12.7. The highest BCUT2D eigenvalue weighted by molar-refractivity contribution is 5.94. The minimum Gasteiger partial charge on any atom is -0.453 e. The van der Waals surface area contributed by atoms with E-state index in [9.17, 15) is 18.8 Å². The Bertz CT molecular complexity index is 519. The quantitative estimate of drug-likeness (QED) is 0.830. The first-order valence-electron chi connectivity index (χ1n) is 6.02. The zero-order chi connectivity index (χ0) is 15.8. The second-order valence-corrected chi connectivity index (χ2v) is 4.27. The number of amides is 3. The molecule has 3 amide bonds. The summed E-state index contributed by atoms with van der Waals surface area (Å²) < 4.78 is 17.0. The van der Waals surface area contributed by atoms with E-state index in [0.29, 0.717) is 5.69 Å². The molecule has 0 radical (unpaired) electrons. The molecule has 1 aromatic carbocycles. The smallest absolute Gasteiger partial charge is 0.413 e. The highest BCUT2D eigenvalue weighted by Gasteiger charge is 2.13. The van der Waals surface area contributed by atoms with Crippen molar-refractivity contribution in [2.75, 3.05) is 32.6 Å². The van der Waals surface area contributed by atoms with Gasteiger partial charge in [0.2, 0.25) is 11.8 Å². The van der Waals surface area contributed by atoms with E-state index in [0.717, 1.165) is 7.11 Å². The van der Waals surface area contributed by atoms with Crippen LogP contribution >= 0.6 is 0 Å². The summed E-state index contributed by atoms with van der Waals surface area (Å²) in [7, 11) is 2.68. The van der Waals surface area contributed by atoms with Crippen LogP contribution in [0.15, 0.2) is 24.3 Å². The number of halogens is 1. The SMILES string of the molecule is COC(=O)NC(=O)CN(C)CC(=O)Nc1ccc(F)cc1. The van der Waals surface area contributed by atoms with Gasteiger partial charge in [-0.25, -0.2) is 9.18 Å². The molecule has 1 aromatic rings. The summed E-state index contributed by atoms with van der Waals surface area (Å²) in [5, 5.41) is 4.53. The fraction of sp³-hybridized carbons (Fsp3) is 0.308. The lowest BCUT2D eigenvalue weighted by molar-refractivity contribution is -0.122. The minimum absolute atomic E-state index is 0.0635. The van der Waals surface area contributed by atoms with Gasteiger partial charge >= 0.3 is 6.09 Å². The van der Waals surface area contributed by atoms with Crippen LogP contribution in [-0.2, 0) is 14.3 Å². The number of methoxy groups -OCH3 is 1. The number of alkyl carbamates (subject to hydrolysis) is 1. The Morgan fingerprint density at radius 1 is 1.14 bits per heavy atom. The van der Waals surface area contributed by atoms with Crippen LogP contribution in [-0.4, -0.2) is 50.1 Å². The number of nitrogens with zero attached hydrogens (tertiary/aromatic N) is 1. The Kier molecular flexibility index (Phi) is 6.28. The van der Waals surface area contributed by atoms with E-state index in [1.165, 1.54) is 29.2 Å². The lowest BCUT2D eigenvalue weighted by atomic mass is 10.3. The minimum atomic E-state index is -0.857. The molecule has 0 saturated heterocycles. The van der Waals surface area contributed by atoms with Crippen molar-refractivity contribution in [3.05, 3.63) is 30.1 Å². The summed E-state index contributed by atoms with van der Waals surface area (Å²) in [6.07, 6.45) is -0.857. The largest absolute Gasteiger partial charge is 0.453 e. The summed E-state index contributed by atoms with van der Waals surface area (Å²) in [4.78, 5) is 35.3. The van der Waals surface area contributed by atoms with Crippen molar-refractivity contribution < 1.29 is 23.5 Å². The van der Waals surface area contributed by atoms with E-state index in [2.05, 4.69) is 10.1 Å². The third-order valence-electron chi connectivity index (χ3n) is 2.38. The van der Waals surface area contributed by atoms with Crippen molar-refractivity contribution in [3.8, 4) is 0 Å². The zero-order valence-electron chi connectivity index (χ0n) is 11.7. The summed E-state index contributed by atoms with van der Waals surface area (Å²) in [5.41, 5.74) is 0.453. The van der Waals surface area contributed by atoms with Gasteiger partial charge in [-0.2, -0.15) is 0 Å². The maximum Gasteiger partial charge on any atom is 0.413 e. The molecule has 2 N–H and O–H groups in total. The second kappa shape index (κ2) is 7.95. The number of likely N-dealkylation sites (N-methyl/N-ethyl adjacent to an activating group) is 1. The average molecular weight is 297 g/mol. The van der Waals surface area contributed by atoms with Gasteiger partial charge in [0.15, 0.2) is 0 Å². The molecular formula is C13H16FN3O4. The molecule has 21 heavy (non-hydrogen) atoms. The topological polar surface area (TPSA) is 87.7 Å². The van der Waals surface area contributed by atoms with E-state index >= 15 is 0 Å². The van der Waals surface area contributed by atoms with Crippen LogP contribution in [0.25, 0.3) is 0 Å². The van der Waals surface area contributed by atoms with Crippen molar-refractivity contribution in [2.45, 2.75) is 0 Å². The van der Waals surface area contributed by atoms with Crippen LogP contribution in [0.4, 0.5) is 14.9 Å². The second-order valence-electron chi connectivity index (χ2n) is 4.27. The molecular weight excluding hydrogens is 281 g/mol. The first-order valence-corrected chi connectivity index (χ1v) is 6.02. The number of carbonyl (C=O) groups is 3. The van der Waals surface area contributed by atoms with E-state index in [4.69, 9.17) is 0 Å². The van der Waals surface area contributed by atoms with Gasteiger partial charge in [0.25, 0.3) is 0 Å². The fourth-order valence-corrected chi connectivity index (χ4v) is 1.48. The first kappa shape index (κ1) is 16.6. The van der Waals surface area contributed by atoms with E-state index < -0.39 is 17.8 Å². The predicted octanol–water partition coefficient (Wildman–Crippen LogP) is 0.579. The average Bonchev–Trinajstić information content (AvgIpc) is 2.40. The highest BCUT2D eigenvalue weighted by atomic mass is 19.1. The van der Waals surface area contributed by atoms with Gasteiger partial charge in [-0.1, -0.05) is 0 Å². The number of hydrogen-bond donors (Lipinski definition) is 2. The molecule has 0 aliphatic rings. The van der Waals surface area contributed by atoms with Gasteiger partial charge in [-0.15, -0.1) is 0 Å². The van der Waals surface area contributed by atoms with Gasteiger partial charge in [-0.05, 0) is 31.3 Å². The molecule has 0 fully saturated rings. The Morgan fingerprint density at radius 3 is 2.29 bits per heavy atom. The Morgan fingerprint density at radius 2 is 1.71 bits per heavy atom. The zero-order valence-corrected chi connectivity index (χ0v) is 11.7. The Labute approximate surface area is 121 Å². The Balaban J connectivity index is 2.38. The van der Waals surface area contributed by atoms with Crippen LogP contribution in [0.5, 0.6) is 0 Å². The van der Waals surface area contributed by atoms with Gasteiger partial charge in [0.05, 0.1) is 20.2 Å². The van der Waals surface area contributed by atoms with Crippen LogP contribution in [0.3, 0.4) is 0 Å². The summed E-state index contributed by atoms with van der Waals surface area (Å²) >= 11 is 0. The molecule has 0 heterocycles. The number of nitrogens with one attached hydrogen (secondary N) is 2. The monoisotopic (exact) mass is 297 g/mol. The molecule has 1 rings (SSSR count). The normalized spacial score (nSPS) is 10.1. The van der Waals surface area contributed by atoms with E-state index in [1.807, 2.05) is 5.32 Å². The van der Waals surface area contributed by atoms with Crippen LogP contribution in [0.1, 0.15) is 0 Å². The summed E-state index contributed by atoms with van der Waals surface area (Å²) in [6.45, 7) is -0.210. The molecule has 7 nitrogen and oxygen atoms in total. The summed E-state index contributed by atoms with van der Waals surface area (Å²) in [6, 6.07) is 5.31. The molecule has 0 bridgehead atoms.